The van der Waals surface area contributed by atoms with Crippen LogP contribution >= 0.6 is 0 Å². The van der Waals surface area contributed by atoms with E-state index in [4.69, 9.17) is 0 Å². The van der Waals surface area contributed by atoms with Crippen molar-refractivity contribution in [1.29, 1.82) is 0 Å². The molecule has 0 aliphatic carbocycles. The van der Waals surface area contributed by atoms with Gasteiger partial charge in [0.15, 0.2) is 0 Å². The second-order valence-corrected chi connectivity index (χ2v) is 6.87. The molecule has 1 aliphatic heterocycles. The Hall–Kier alpha value is -2.61. The molecule has 1 N–H and O–H groups in total. The average Bonchev–Trinajstić information content (AvgIpc) is 2.61. The number of piperazine rings is 1. The van der Waals surface area contributed by atoms with Crippen LogP contribution in [0.3, 0.4) is 0 Å². The van der Waals surface area contributed by atoms with Crippen LogP contribution in [0.5, 0.6) is 0 Å². The zero-order valence-corrected chi connectivity index (χ0v) is 15.4. The van der Waals surface area contributed by atoms with Gasteiger partial charge in [0.05, 0.1) is 23.4 Å². The third-order valence-electron chi connectivity index (χ3n) is 4.70. The van der Waals surface area contributed by atoms with Gasteiger partial charge in [0.25, 0.3) is 0 Å². The second-order valence-electron chi connectivity index (χ2n) is 6.87. The first-order valence-corrected chi connectivity index (χ1v) is 8.91. The van der Waals surface area contributed by atoms with E-state index in [-0.39, 0.29) is 12.1 Å². The normalized spacial score (nSPS) is 15.5. The fourth-order valence-corrected chi connectivity index (χ4v) is 3.16. The highest BCUT2D eigenvalue weighted by Crippen LogP contribution is 2.35. The molecule has 3 rings (SSSR count). The summed E-state index contributed by atoms with van der Waals surface area (Å²) in [5, 5.41) is 2.58. The summed E-state index contributed by atoms with van der Waals surface area (Å²) in [5.74, 6) is -0.970. The van der Waals surface area contributed by atoms with E-state index < -0.39 is 23.5 Å². The molecular formula is C20H21F4N3O. The first-order valence-electron chi connectivity index (χ1n) is 8.91. The van der Waals surface area contributed by atoms with Gasteiger partial charge in [-0.1, -0.05) is 12.1 Å². The molecule has 1 fully saturated rings. The fraction of sp³-hybridized carbons (Fsp3) is 0.350. The number of carbonyl (C=O) groups is 1. The lowest BCUT2D eigenvalue weighted by atomic mass is 10.1. The van der Waals surface area contributed by atoms with Crippen LogP contribution in [-0.4, -0.2) is 44.0 Å². The number of amides is 1. The molecule has 0 saturated carbocycles. The van der Waals surface area contributed by atoms with E-state index in [0.717, 1.165) is 25.2 Å². The lowest BCUT2D eigenvalue weighted by molar-refractivity contribution is -0.137. The van der Waals surface area contributed by atoms with Crippen molar-refractivity contribution in [2.75, 3.05) is 43.4 Å². The summed E-state index contributed by atoms with van der Waals surface area (Å²) in [6, 6.07) is 8.94. The topological polar surface area (TPSA) is 35.6 Å². The molecule has 0 aromatic heterocycles. The summed E-state index contributed by atoms with van der Waals surface area (Å²) < 4.78 is 52.7. The van der Waals surface area contributed by atoms with Crippen molar-refractivity contribution >= 4 is 17.3 Å². The van der Waals surface area contributed by atoms with E-state index in [1.807, 2.05) is 11.9 Å². The quantitative estimate of drug-likeness (QED) is 0.801. The van der Waals surface area contributed by atoms with Gasteiger partial charge in [-0.15, -0.1) is 0 Å². The molecule has 2 aromatic rings. The van der Waals surface area contributed by atoms with Crippen molar-refractivity contribution in [2.45, 2.75) is 12.6 Å². The largest absolute Gasteiger partial charge is 0.416 e. The minimum Gasteiger partial charge on any atom is -0.367 e. The van der Waals surface area contributed by atoms with E-state index in [0.29, 0.717) is 24.3 Å². The molecule has 8 heteroatoms. The van der Waals surface area contributed by atoms with Crippen molar-refractivity contribution in [2.24, 2.45) is 0 Å². The predicted octanol–water partition coefficient (Wildman–Crippen LogP) is 3.78. The number of alkyl halides is 3. The zero-order chi connectivity index (χ0) is 20.3. The van der Waals surface area contributed by atoms with Gasteiger partial charge < -0.3 is 15.1 Å². The number of rotatable bonds is 4. The molecule has 0 radical (unpaired) electrons. The number of nitrogens with zero attached hydrogens (tertiary/aromatic N) is 2. The fourth-order valence-electron chi connectivity index (χ4n) is 3.16. The third-order valence-corrected chi connectivity index (χ3v) is 4.70. The molecule has 150 valence electrons. The van der Waals surface area contributed by atoms with Crippen LogP contribution < -0.4 is 10.2 Å². The average molecular weight is 395 g/mol. The van der Waals surface area contributed by atoms with Crippen LogP contribution in [0.4, 0.5) is 28.9 Å². The van der Waals surface area contributed by atoms with Crippen LogP contribution in [0.15, 0.2) is 42.5 Å². The van der Waals surface area contributed by atoms with Crippen LogP contribution in [0.25, 0.3) is 0 Å². The summed E-state index contributed by atoms with van der Waals surface area (Å²) in [6.07, 6.45) is -4.64. The molecule has 0 atom stereocenters. The smallest absolute Gasteiger partial charge is 0.367 e. The molecule has 28 heavy (non-hydrogen) atoms. The Morgan fingerprint density at radius 1 is 1.07 bits per heavy atom. The molecular weight excluding hydrogens is 374 g/mol. The van der Waals surface area contributed by atoms with Crippen LogP contribution in [-0.2, 0) is 17.4 Å². The molecule has 1 saturated heterocycles. The maximum Gasteiger partial charge on any atom is 0.416 e. The summed E-state index contributed by atoms with van der Waals surface area (Å²) in [6.45, 7) is 2.85. The van der Waals surface area contributed by atoms with E-state index in [9.17, 15) is 22.4 Å². The Morgan fingerprint density at radius 3 is 2.43 bits per heavy atom. The van der Waals surface area contributed by atoms with E-state index in [2.05, 4.69) is 10.2 Å². The maximum absolute atomic E-state index is 13.3. The van der Waals surface area contributed by atoms with Crippen LogP contribution in [0.1, 0.15) is 11.1 Å². The van der Waals surface area contributed by atoms with Gasteiger partial charge in [-0.25, -0.2) is 4.39 Å². The molecule has 2 aromatic carbocycles. The Kier molecular flexibility index (Phi) is 5.88. The molecule has 0 spiro atoms. The van der Waals surface area contributed by atoms with Gasteiger partial charge in [0.2, 0.25) is 5.91 Å². The highest BCUT2D eigenvalue weighted by Gasteiger charge is 2.32. The van der Waals surface area contributed by atoms with Crippen molar-refractivity contribution in [3.8, 4) is 0 Å². The van der Waals surface area contributed by atoms with Gasteiger partial charge in [-0.05, 0) is 42.9 Å². The lowest BCUT2D eigenvalue weighted by Crippen LogP contribution is -2.44. The van der Waals surface area contributed by atoms with Gasteiger partial charge in [-0.2, -0.15) is 13.2 Å². The van der Waals surface area contributed by atoms with Gasteiger partial charge in [-0.3, -0.25) is 4.79 Å². The van der Waals surface area contributed by atoms with Gasteiger partial charge in [0, 0.05) is 26.2 Å². The molecule has 1 amide bonds. The molecule has 0 unspecified atom stereocenters. The Morgan fingerprint density at radius 2 is 1.79 bits per heavy atom. The number of benzene rings is 2. The van der Waals surface area contributed by atoms with Gasteiger partial charge in [0.1, 0.15) is 5.82 Å². The number of anilines is 2. The molecule has 4 nitrogen and oxygen atoms in total. The minimum absolute atomic E-state index is 0.112. The summed E-state index contributed by atoms with van der Waals surface area (Å²) in [4.78, 5) is 16.5. The summed E-state index contributed by atoms with van der Waals surface area (Å²) >= 11 is 0. The summed E-state index contributed by atoms with van der Waals surface area (Å²) in [5.41, 5.74) is 0.284. The maximum atomic E-state index is 13.3. The Balaban J connectivity index is 1.84. The van der Waals surface area contributed by atoms with Crippen molar-refractivity contribution in [3.05, 3.63) is 59.4 Å². The Labute approximate surface area is 160 Å². The minimum atomic E-state index is -4.51. The number of nitrogens with one attached hydrogen (secondary N) is 1. The highest BCUT2D eigenvalue weighted by molar-refractivity contribution is 5.95. The van der Waals surface area contributed by atoms with Crippen LogP contribution in [0, 0.1) is 5.82 Å². The number of halogens is 4. The van der Waals surface area contributed by atoms with Gasteiger partial charge >= 0.3 is 6.18 Å². The van der Waals surface area contributed by atoms with Crippen molar-refractivity contribution < 1.29 is 22.4 Å². The standard InChI is InChI=1S/C20H21F4N3O/c1-26-7-9-27(10-8-26)18-6-5-15(20(22,23)24)13-17(18)25-19(28)12-14-3-2-4-16(21)11-14/h2-6,11,13H,7-10,12H2,1H3,(H,25,28). The zero-order valence-electron chi connectivity index (χ0n) is 15.4. The third kappa shape index (κ3) is 5.01. The van der Waals surface area contributed by atoms with Crippen molar-refractivity contribution in [1.82, 2.24) is 4.90 Å². The SMILES string of the molecule is CN1CCN(c2ccc(C(F)(F)F)cc2NC(=O)Cc2cccc(F)c2)CC1. The number of hydrogen-bond acceptors (Lipinski definition) is 3. The predicted molar refractivity (Wildman–Crippen MR) is 99.9 cm³/mol. The number of likely N-dealkylation sites (N-methyl/N-ethyl adjacent to an activating group) is 1. The first kappa shape index (κ1) is 20.1. The molecule has 1 aliphatic rings. The molecule has 1 heterocycles. The first-order chi connectivity index (χ1) is 13.2. The Bertz CT molecular complexity index is 846. The number of carbonyl (C=O) groups excluding carboxylic acids is 1. The highest BCUT2D eigenvalue weighted by atomic mass is 19.4. The van der Waals surface area contributed by atoms with Crippen LogP contribution in [0.2, 0.25) is 0 Å². The molecule has 0 bridgehead atoms. The van der Waals surface area contributed by atoms with Crippen molar-refractivity contribution in [3.63, 3.8) is 0 Å². The van der Waals surface area contributed by atoms with E-state index >= 15 is 0 Å². The second kappa shape index (κ2) is 8.18. The van der Waals surface area contributed by atoms with E-state index in [1.54, 1.807) is 6.07 Å². The number of hydrogen-bond donors (Lipinski definition) is 1. The van der Waals surface area contributed by atoms with E-state index in [1.165, 1.54) is 24.3 Å². The monoisotopic (exact) mass is 395 g/mol. The summed E-state index contributed by atoms with van der Waals surface area (Å²) in [7, 11) is 1.98. The lowest BCUT2D eigenvalue weighted by Gasteiger charge is -2.35.